The van der Waals surface area contributed by atoms with Gasteiger partial charge in [0.25, 0.3) is 5.91 Å². The molecule has 6 nitrogen and oxygen atoms in total. The third kappa shape index (κ3) is 4.37. The number of aryl methyl sites for hydroxylation is 3. The fourth-order valence-electron chi connectivity index (χ4n) is 3.19. The van der Waals surface area contributed by atoms with Crippen LogP contribution in [0.25, 0.3) is 0 Å². The number of hydrogen-bond acceptors (Lipinski definition) is 4. The van der Waals surface area contributed by atoms with Gasteiger partial charge in [-0.1, -0.05) is 12.1 Å². The van der Waals surface area contributed by atoms with E-state index in [1.807, 2.05) is 32.0 Å². The van der Waals surface area contributed by atoms with E-state index >= 15 is 0 Å². The molecule has 0 saturated carbocycles. The Hall–Kier alpha value is -2.22. The molecule has 27 heavy (non-hydrogen) atoms. The van der Waals surface area contributed by atoms with Crippen molar-refractivity contribution >= 4 is 21.6 Å². The third-order valence-electron chi connectivity index (χ3n) is 4.54. The van der Waals surface area contributed by atoms with Crippen molar-refractivity contribution in [2.24, 2.45) is 0 Å². The normalized spacial score (nSPS) is 15.5. The van der Waals surface area contributed by atoms with Crippen molar-refractivity contribution in [2.75, 3.05) is 31.6 Å². The summed E-state index contributed by atoms with van der Waals surface area (Å²) < 4.78 is 32.3. The molecule has 0 aliphatic carbocycles. The predicted molar refractivity (Wildman–Crippen MR) is 105 cm³/mol. The molecule has 7 heteroatoms. The number of hydrogen-bond donors (Lipinski definition) is 1. The number of ether oxygens (including phenoxy) is 1. The number of nitrogens with one attached hydrogen (secondary N) is 1. The summed E-state index contributed by atoms with van der Waals surface area (Å²) >= 11 is 0. The first-order valence-corrected chi connectivity index (χ1v) is 10.3. The largest absolute Gasteiger partial charge is 0.379 e. The summed E-state index contributed by atoms with van der Waals surface area (Å²) in [7, 11) is -3.65. The van der Waals surface area contributed by atoms with Crippen LogP contribution in [0.3, 0.4) is 0 Å². The van der Waals surface area contributed by atoms with Crippen LogP contribution in [0.2, 0.25) is 0 Å². The number of anilines is 1. The van der Waals surface area contributed by atoms with Crippen molar-refractivity contribution in [3.05, 3.63) is 58.7 Å². The molecule has 1 aliphatic rings. The number of carbonyl (C=O) groups is 1. The molecule has 1 saturated heterocycles. The second-order valence-electron chi connectivity index (χ2n) is 6.82. The number of sulfonamides is 1. The topological polar surface area (TPSA) is 75.7 Å². The molecule has 144 valence electrons. The van der Waals surface area contributed by atoms with Crippen LogP contribution in [0.15, 0.2) is 41.3 Å². The van der Waals surface area contributed by atoms with E-state index in [0.717, 1.165) is 16.7 Å². The molecule has 1 aliphatic heterocycles. The van der Waals surface area contributed by atoms with Crippen molar-refractivity contribution in [2.45, 2.75) is 25.7 Å². The number of amides is 1. The molecule has 2 aromatic rings. The Morgan fingerprint density at radius 1 is 1.00 bits per heavy atom. The van der Waals surface area contributed by atoms with Crippen LogP contribution in [0, 0.1) is 20.8 Å². The summed E-state index contributed by atoms with van der Waals surface area (Å²) in [5, 5.41) is 2.87. The van der Waals surface area contributed by atoms with Crippen molar-refractivity contribution in [1.82, 2.24) is 4.31 Å². The second kappa shape index (κ2) is 7.80. The first-order valence-electron chi connectivity index (χ1n) is 8.85. The van der Waals surface area contributed by atoms with E-state index in [1.165, 1.54) is 10.4 Å². The Labute approximate surface area is 160 Å². The van der Waals surface area contributed by atoms with Crippen molar-refractivity contribution in [3.8, 4) is 0 Å². The molecule has 1 fully saturated rings. The molecule has 1 heterocycles. The number of morpholine rings is 1. The predicted octanol–water partition coefficient (Wildman–Crippen LogP) is 2.89. The maximum Gasteiger partial charge on any atom is 0.255 e. The summed E-state index contributed by atoms with van der Waals surface area (Å²) in [4.78, 5) is 12.9. The Morgan fingerprint density at radius 2 is 1.63 bits per heavy atom. The summed E-state index contributed by atoms with van der Waals surface area (Å²) in [6, 6.07) is 10.5. The highest BCUT2D eigenvalue weighted by Gasteiger charge is 2.27. The van der Waals surface area contributed by atoms with Crippen molar-refractivity contribution in [1.29, 1.82) is 0 Å². The minimum absolute atomic E-state index is 0.126. The van der Waals surface area contributed by atoms with Crippen LogP contribution < -0.4 is 5.32 Å². The first-order chi connectivity index (χ1) is 12.8. The molecular weight excluding hydrogens is 364 g/mol. The van der Waals surface area contributed by atoms with E-state index in [-0.39, 0.29) is 10.8 Å². The van der Waals surface area contributed by atoms with Crippen LogP contribution in [0.4, 0.5) is 5.69 Å². The van der Waals surface area contributed by atoms with Gasteiger partial charge in [0.1, 0.15) is 0 Å². The second-order valence-corrected chi connectivity index (χ2v) is 8.76. The van der Waals surface area contributed by atoms with Crippen LogP contribution in [0.1, 0.15) is 27.0 Å². The molecule has 0 atom stereocenters. The molecule has 0 spiro atoms. The lowest BCUT2D eigenvalue weighted by atomic mass is 10.1. The van der Waals surface area contributed by atoms with E-state index in [2.05, 4.69) is 5.32 Å². The maximum atomic E-state index is 12.9. The van der Waals surface area contributed by atoms with E-state index in [9.17, 15) is 13.2 Å². The summed E-state index contributed by atoms with van der Waals surface area (Å²) in [5.74, 6) is -0.323. The van der Waals surface area contributed by atoms with Gasteiger partial charge in [-0.15, -0.1) is 0 Å². The van der Waals surface area contributed by atoms with Gasteiger partial charge in [-0.25, -0.2) is 8.42 Å². The van der Waals surface area contributed by atoms with Gasteiger partial charge in [0.2, 0.25) is 10.0 Å². The number of benzene rings is 2. The van der Waals surface area contributed by atoms with Gasteiger partial charge in [-0.2, -0.15) is 4.31 Å². The van der Waals surface area contributed by atoms with Crippen LogP contribution in [-0.4, -0.2) is 44.9 Å². The Morgan fingerprint density at radius 3 is 2.26 bits per heavy atom. The molecule has 0 bridgehead atoms. The maximum absolute atomic E-state index is 12.9. The van der Waals surface area contributed by atoms with E-state index in [4.69, 9.17) is 4.74 Å². The van der Waals surface area contributed by atoms with Gasteiger partial charge in [-0.05, 0) is 61.7 Å². The van der Waals surface area contributed by atoms with E-state index in [0.29, 0.717) is 37.6 Å². The van der Waals surface area contributed by atoms with Crippen LogP contribution in [-0.2, 0) is 14.8 Å². The minimum atomic E-state index is -3.65. The average molecular weight is 388 g/mol. The molecule has 1 N–H and O–H groups in total. The zero-order valence-electron chi connectivity index (χ0n) is 15.8. The van der Waals surface area contributed by atoms with Gasteiger partial charge >= 0.3 is 0 Å². The lowest BCUT2D eigenvalue weighted by Crippen LogP contribution is -2.40. The van der Waals surface area contributed by atoms with Gasteiger partial charge in [0.15, 0.2) is 0 Å². The summed E-state index contributed by atoms with van der Waals surface area (Å²) in [6.07, 6.45) is 0. The van der Waals surface area contributed by atoms with E-state index in [1.54, 1.807) is 19.1 Å². The Bertz CT molecular complexity index is 944. The third-order valence-corrected chi connectivity index (χ3v) is 6.44. The van der Waals surface area contributed by atoms with Crippen LogP contribution in [0.5, 0.6) is 0 Å². The first kappa shape index (κ1) is 19.5. The van der Waals surface area contributed by atoms with Crippen molar-refractivity contribution < 1.29 is 17.9 Å². The molecule has 0 radical (unpaired) electrons. The lowest BCUT2D eigenvalue weighted by Gasteiger charge is -2.26. The molecule has 0 aromatic heterocycles. The number of rotatable bonds is 4. The van der Waals surface area contributed by atoms with Gasteiger partial charge in [0, 0.05) is 24.3 Å². The van der Waals surface area contributed by atoms with Crippen LogP contribution >= 0.6 is 0 Å². The fraction of sp³-hybridized carbons (Fsp3) is 0.350. The molecule has 0 unspecified atom stereocenters. The highest BCUT2D eigenvalue weighted by molar-refractivity contribution is 7.89. The van der Waals surface area contributed by atoms with Crippen molar-refractivity contribution in [3.63, 3.8) is 0 Å². The number of carbonyl (C=O) groups excluding carboxylic acids is 1. The quantitative estimate of drug-likeness (QED) is 0.874. The number of nitrogens with zero attached hydrogens (tertiary/aromatic N) is 1. The highest BCUT2D eigenvalue weighted by atomic mass is 32.2. The summed E-state index contributed by atoms with van der Waals surface area (Å²) in [6.45, 7) is 7.12. The Kier molecular flexibility index (Phi) is 5.64. The molecule has 1 amide bonds. The van der Waals surface area contributed by atoms with Gasteiger partial charge < -0.3 is 10.1 Å². The minimum Gasteiger partial charge on any atom is -0.379 e. The van der Waals surface area contributed by atoms with E-state index < -0.39 is 10.0 Å². The molecule has 3 rings (SSSR count). The molecular formula is C20H24N2O4S. The molecule has 2 aromatic carbocycles. The monoisotopic (exact) mass is 388 g/mol. The zero-order chi connectivity index (χ0) is 19.6. The SMILES string of the molecule is Cc1cc(C)cc(NC(=O)c2cc(S(=O)(=O)N3CCOCC3)ccc2C)c1. The smallest absolute Gasteiger partial charge is 0.255 e. The average Bonchev–Trinajstić information content (AvgIpc) is 2.61. The standard InChI is InChI=1S/C20H24N2O4S/c1-14-10-15(2)12-17(11-14)21-20(23)19-13-18(5-4-16(19)3)27(24,25)22-6-8-26-9-7-22/h4-5,10-13H,6-9H2,1-3H3,(H,21,23). The zero-order valence-corrected chi connectivity index (χ0v) is 16.6. The Balaban J connectivity index is 1.89. The highest BCUT2D eigenvalue weighted by Crippen LogP contribution is 2.22. The fourth-order valence-corrected chi connectivity index (χ4v) is 4.62. The van der Waals surface area contributed by atoms with Gasteiger partial charge in [-0.3, -0.25) is 4.79 Å². The van der Waals surface area contributed by atoms with Gasteiger partial charge in [0.05, 0.1) is 18.1 Å². The lowest BCUT2D eigenvalue weighted by molar-refractivity contribution is 0.0730. The summed E-state index contributed by atoms with van der Waals surface area (Å²) in [5.41, 5.74) is 3.86.